The molecule has 0 aliphatic carbocycles. The van der Waals surface area contributed by atoms with Gasteiger partial charge in [0.05, 0.1) is 9.26 Å². The molecular weight excluding hydrogens is 330 g/mol. The fourth-order valence-electron chi connectivity index (χ4n) is 2.24. The Morgan fingerprint density at radius 3 is 2.65 bits per heavy atom. The van der Waals surface area contributed by atoms with E-state index in [0.717, 1.165) is 24.2 Å². The number of aryl methyl sites for hydroxylation is 1. The van der Waals surface area contributed by atoms with Gasteiger partial charge in [0.15, 0.2) is 0 Å². The number of fused-ring (bicyclic) bond motifs is 1. The highest BCUT2D eigenvalue weighted by Crippen LogP contribution is 2.30. The van der Waals surface area contributed by atoms with Crippen LogP contribution in [0.15, 0.2) is 24.3 Å². The summed E-state index contributed by atoms with van der Waals surface area (Å²) in [6, 6.07) is 6.57. The first-order valence-corrected chi connectivity index (χ1v) is 6.85. The highest BCUT2D eigenvalue weighted by Gasteiger charge is 2.19. The molecule has 88 valence electrons. The van der Waals surface area contributed by atoms with Crippen LogP contribution in [-0.4, -0.2) is 9.78 Å². The SMILES string of the molecule is Fc1ccc(-c2nn3c(c2I)CCCC3)cc1. The second-order valence-corrected chi connectivity index (χ2v) is 5.38. The zero-order chi connectivity index (χ0) is 11.8. The molecule has 0 unspecified atom stereocenters. The number of nitrogens with zero attached hydrogens (tertiary/aromatic N) is 2. The van der Waals surface area contributed by atoms with E-state index in [-0.39, 0.29) is 5.82 Å². The molecule has 0 spiro atoms. The maximum Gasteiger partial charge on any atom is 0.123 e. The first-order chi connectivity index (χ1) is 8.25. The molecule has 1 aromatic heterocycles. The first-order valence-electron chi connectivity index (χ1n) is 5.77. The summed E-state index contributed by atoms with van der Waals surface area (Å²) in [5.74, 6) is -0.201. The number of rotatable bonds is 1. The van der Waals surface area contributed by atoms with Crippen molar-refractivity contribution in [3.05, 3.63) is 39.3 Å². The highest BCUT2D eigenvalue weighted by molar-refractivity contribution is 14.1. The van der Waals surface area contributed by atoms with Crippen molar-refractivity contribution in [3.63, 3.8) is 0 Å². The Kier molecular flexibility index (Phi) is 2.90. The molecule has 0 N–H and O–H groups in total. The van der Waals surface area contributed by atoms with Crippen molar-refractivity contribution in [1.82, 2.24) is 9.78 Å². The number of benzene rings is 1. The number of hydrogen-bond donors (Lipinski definition) is 0. The smallest absolute Gasteiger partial charge is 0.123 e. The lowest BCUT2D eigenvalue weighted by Crippen LogP contribution is -2.11. The Hall–Kier alpha value is -0.910. The second-order valence-electron chi connectivity index (χ2n) is 4.30. The van der Waals surface area contributed by atoms with Crippen LogP contribution in [0.25, 0.3) is 11.3 Å². The summed E-state index contributed by atoms with van der Waals surface area (Å²) in [7, 11) is 0. The molecule has 2 nitrogen and oxygen atoms in total. The summed E-state index contributed by atoms with van der Waals surface area (Å²) in [4.78, 5) is 0. The number of hydrogen-bond acceptors (Lipinski definition) is 1. The van der Waals surface area contributed by atoms with Crippen molar-refractivity contribution < 1.29 is 4.39 Å². The van der Waals surface area contributed by atoms with Gasteiger partial charge in [-0.05, 0) is 66.1 Å². The van der Waals surface area contributed by atoms with Gasteiger partial charge >= 0.3 is 0 Å². The topological polar surface area (TPSA) is 17.8 Å². The zero-order valence-electron chi connectivity index (χ0n) is 9.29. The molecule has 1 aliphatic heterocycles. The minimum absolute atomic E-state index is 0.201. The van der Waals surface area contributed by atoms with Gasteiger partial charge in [-0.25, -0.2) is 4.39 Å². The summed E-state index contributed by atoms with van der Waals surface area (Å²) in [5, 5.41) is 4.64. The maximum absolute atomic E-state index is 12.9. The van der Waals surface area contributed by atoms with Gasteiger partial charge in [0.1, 0.15) is 11.5 Å². The Labute approximate surface area is 113 Å². The van der Waals surface area contributed by atoms with Crippen molar-refractivity contribution in [3.8, 4) is 11.3 Å². The fraction of sp³-hybridized carbons (Fsp3) is 0.308. The molecule has 0 bridgehead atoms. The molecule has 0 atom stereocenters. The van der Waals surface area contributed by atoms with E-state index >= 15 is 0 Å². The van der Waals surface area contributed by atoms with E-state index in [0.29, 0.717) is 0 Å². The van der Waals surface area contributed by atoms with Crippen molar-refractivity contribution in [2.24, 2.45) is 0 Å². The largest absolute Gasteiger partial charge is 0.268 e. The van der Waals surface area contributed by atoms with E-state index in [9.17, 15) is 4.39 Å². The molecule has 2 aromatic rings. The average Bonchev–Trinajstić information content (AvgIpc) is 2.69. The van der Waals surface area contributed by atoms with Crippen LogP contribution in [0.1, 0.15) is 18.5 Å². The van der Waals surface area contributed by atoms with Crippen molar-refractivity contribution in [1.29, 1.82) is 0 Å². The van der Waals surface area contributed by atoms with Gasteiger partial charge in [-0.15, -0.1) is 0 Å². The predicted molar refractivity (Wildman–Crippen MR) is 73.3 cm³/mol. The minimum atomic E-state index is -0.201. The van der Waals surface area contributed by atoms with Gasteiger partial charge < -0.3 is 0 Å². The van der Waals surface area contributed by atoms with Crippen LogP contribution in [0.4, 0.5) is 4.39 Å². The summed E-state index contributed by atoms with van der Waals surface area (Å²) in [6.07, 6.45) is 3.55. The van der Waals surface area contributed by atoms with Crippen LogP contribution < -0.4 is 0 Å². The Morgan fingerprint density at radius 2 is 1.94 bits per heavy atom. The molecular formula is C13H12FIN2. The fourth-order valence-corrected chi connectivity index (χ4v) is 3.21. The molecule has 1 aliphatic rings. The predicted octanol–water partition coefficient (Wildman–Crippen LogP) is 3.63. The molecule has 17 heavy (non-hydrogen) atoms. The summed E-state index contributed by atoms with van der Waals surface area (Å²) < 4.78 is 16.2. The third kappa shape index (κ3) is 1.99. The standard InChI is InChI=1S/C13H12FIN2/c14-10-6-4-9(5-7-10)13-12(15)11-3-1-2-8-17(11)16-13/h4-7H,1-3,8H2. The highest BCUT2D eigenvalue weighted by atomic mass is 127. The molecule has 0 radical (unpaired) electrons. The lowest BCUT2D eigenvalue weighted by Gasteiger charge is -2.12. The van der Waals surface area contributed by atoms with E-state index in [1.54, 1.807) is 12.1 Å². The van der Waals surface area contributed by atoms with E-state index in [1.165, 1.54) is 34.2 Å². The van der Waals surface area contributed by atoms with Crippen LogP contribution in [-0.2, 0) is 13.0 Å². The molecule has 1 aromatic carbocycles. The van der Waals surface area contributed by atoms with Gasteiger partial charge in [0.2, 0.25) is 0 Å². The maximum atomic E-state index is 12.9. The summed E-state index contributed by atoms with van der Waals surface area (Å²) >= 11 is 2.35. The molecule has 0 amide bonds. The van der Waals surface area contributed by atoms with E-state index in [1.807, 2.05) is 0 Å². The third-order valence-corrected chi connectivity index (χ3v) is 4.28. The van der Waals surface area contributed by atoms with Crippen LogP contribution in [0.2, 0.25) is 0 Å². The molecule has 2 heterocycles. The Morgan fingerprint density at radius 1 is 1.18 bits per heavy atom. The lowest BCUT2D eigenvalue weighted by molar-refractivity contribution is 0.486. The van der Waals surface area contributed by atoms with Crippen molar-refractivity contribution in [2.45, 2.75) is 25.8 Å². The molecule has 0 saturated heterocycles. The zero-order valence-corrected chi connectivity index (χ0v) is 11.4. The third-order valence-electron chi connectivity index (χ3n) is 3.14. The summed E-state index contributed by atoms with van der Waals surface area (Å²) in [5.41, 5.74) is 3.32. The molecule has 0 fully saturated rings. The van der Waals surface area contributed by atoms with Crippen LogP contribution in [0.3, 0.4) is 0 Å². The van der Waals surface area contributed by atoms with Gasteiger partial charge in [-0.2, -0.15) is 5.10 Å². The molecule has 4 heteroatoms. The normalized spacial score (nSPS) is 14.7. The Bertz CT molecular complexity index is 545. The van der Waals surface area contributed by atoms with Gasteiger partial charge in [-0.3, -0.25) is 4.68 Å². The minimum Gasteiger partial charge on any atom is -0.268 e. The Balaban J connectivity index is 2.09. The van der Waals surface area contributed by atoms with E-state index in [4.69, 9.17) is 0 Å². The van der Waals surface area contributed by atoms with Crippen molar-refractivity contribution in [2.75, 3.05) is 0 Å². The first kappa shape index (κ1) is 11.2. The molecule has 0 saturated carbocycles. The van der Waals surface area contributed by atoms with Gasteiger partial charge in [0, 0.05) is 12.1 Å². The quantitative estimate of drug-likeness (QED) is 0.724. The lowest BCUT2D eigenvalue weighted by atomic mass is 10.1. The number of halogens is 2. The van der Waals surface area contributed by atoms with E-state index in [2.05, 4.69) is 32.4 Å². The van der Waals surface area contributed by atoms with Crippen LogP contribution in [0.5, 0.6) is 0 Å². The molecule has 3 rings (SSSR count). The van der Waals surface area contributed by atoms with Gasteiger partial charge in [-0.1, -0.05) is 0 Å². The van der Waals surface area contributed by atoms with Crippen molar-refractivity contribution >= 4 is 22.6 Å². The second kappa shape index (κ2) is 4.40. The average molecular weight is 342 g/mol. The van der Waals surface area contributed by atoms with Gasteiger partial charge in [0.25, 0.3) is 0 Å². The van der Waals surface area contributed by atoms with E-state index < -0.39 is 0 Å². The monoisotopic (exact) mass is 342 g/mol. The van der Waals surface area contributed by atoms with Crippen LogP contribution in [0, 0.1) is 9.39 Å². The summed E-state index contributed by atoms with van der Waals surface area (Å²) in [6.45, 7) is 1.01. The van der Waals surface area contributed by atoms with Crippen LogP contribution >= 0.6 is 22.6 Å². The number of aromatic nitrogens is 2.